The first-order valence-electron chi connectivity index (χ1n) is 6.16. The minimum absolute atomic E-state index is 0.613. The van der Waals surface area contributed by atoms with Crippen LogP contribution in [0.5, 0.6) is 0 Å². The van der Waals surface area contributed by atoms with Gasteiger partial charge in [-0.15, -0.1) is 0 Å². The van der Waals surface area contributed by atoms with Gasteiger partial charge in [0.1, 0.15) is 6.10 Å². The highest BCUT2D eigenvalue weighted by molar-refractivity contribution is 5.42. The largest absolute Gasteiger partial charge is 0.382 e. The average Bonchev–Trinajstić information content (AvgIpc) is 2.56. The molecule has 18 heavy (non-hydrogen) atoms. The molecule has 2 aromatic rings. The summed E-state index contributed by atoms with van der Waals surface area (Å²) in [6.45, 7) is 8.14. The van der Waals surface area contributed by atoms with Crippen molar-refractivity contribution in [2.24, 2.45) is 7.05 Å². The molecule has 1 atom stereocenters. The molecule has 0 saturated heterocycles. The molecule has 1 aromatic carbocycles. The van der Waals surface area contributed by atoms with Crippen molar-refractivity contribution in [2.45, 2.75) is 33.8 Å². The van der Waals surface area contributed by atoms with Crippen LogP contribution in [0.3, 0.4) is 0 Å². The van der Waals surface area contributed by atoms with Gasteiger partial charge in [-0.25, -0.2) is 0 Å². The van der Waals surface area contributed by atoms with Gasteiger partial charge in [0.25, 0.3) is 0 Å². The molecule has 0 aliphatic heterocycles. The van der Waals surface area contributed by atoms with Crippen molar-refractivity contribution in [1.29, 1.82) is 0 Å². The molecule has 1 aromatic heterocycles. The Hall–Kier alpha value is -1.61. The van der Waals surface area contributed by atoms with Gasteiger partial charge in [0.15, 0.2) is 0 Å². The Morgan fingerprint density at radius 3 is 2.06 bits per heavy atom. The Kier molecular flexibility index (Phi) is 3.26. The fourth-order valence-electron chi connectivity index (χ4n) is 2.71. The third-order valence-corrected chi connectivity index (χ3v) is 3.45. The molecule has 96 valence electrons. The Morgan fingerprint density at radius 2 is 1.61 bits per heavy atom. The second-order valence-electron chi connectivity index (χ2n) is 5.05. The van der Waals surface area contributed by atoms with Crippen LogP contribution in [0.2, 0.25) is 0 Å². The first kappa shape index (κ1) is 12.8. The van der Waals surface area contributed by atoms with E-state index in [9.17, 15) is 5.11 Å². The number of aromatic nitrogens is 2. The van der Waals surface area contributed by atoms with Crippen molar-refractivity contribution in [3.8, 4) is 0 Å². The molecule has 1 heterocycles. The molecule has 0 saturated carbocycles. The van der Waals surface area contributed by atoms with E-state index in [0.29, 0.717) is 0 Å². The van der Waals surface area contributed by atoms with Crippen molar-refractivity contribution in [2.75, 3.05) is 0 Å². The number of hydrogen-bond donors (Lipinski definition) is 1. The highest BCUT2D eigenvalue weighted by Crippen LogP contribution is 2.29. The minimum Gasteiger partial charge on any atom is -0.382 e. The van der Waals surface area contributed by atoms with E-state index in [1.165, 1.54) is 5.56 Å². The number of rotatable bonds is 2. The van der Waals surface area contributed by atoms with Crippen LogP contribution in [0, 0.1) is 27.7 Å². The van der Waals surface area contributed by atoms with Crippen LogP contribution in [0.25, 0.3) is 0 Å². The SMILES string of the molecule is Cc1cc(C)c(C(O)c2c(C)cnn2C)c(C)c1. The highest BCUT2D eigenvalue weighted by atomic mass is 16.3. The normalized spacial score (nSPS) is 12.8. The molecule has 1 unspecified atom stereocenters. The summed E-state index contributed by atoms with van der Waals surface area (Å²) in [7, 11) is 1.87. The van der Waals surface area contributed by atoms with Crippen molar-refractivity contribution in [3.05, 3.63) is 51.8 Å². The van der Waals surface area contributed by atoms with Gasteiger partial charge in [0, 0.05) is 7.05 Å². The molecule has 0 bridgehead atoms. The second kappa shape index (κ2) is 4.58. The van der Waals surface area contributed by atoms with Gasteiger partial charge in [0.2, 0.25) is 0 Å². The van der Waals surface area contributed by atoms with Crippen molar-refractivity contribution in [3.63, 3.8) is 0 Å². The highest BCUT2D eigenvalue weighted by Gasteiger charge is 2.20. The number of nitrogens with zero attached hydrogens (tertiary/aromatic N) is 2. The van der Waals surface area contributed by atoms with Crippen molar-refractivity contribution < 1.29 is 5.11 Å². The van der Waals surface area contributed by atoms with Crippen LogP contribution in [0.15, 0.2) is 18.3 Å². The van der Waals surface area contributed by atoms with Crippen LogP contribution >= 0.6 is 0 Å². The molecule has 0 amide bonds. The van der Waals surface area contributed by atoms with Crippen LogP contribution in [0.1, 0.15) is 39.6 Å². The topological polar surface area (TPSA) is 38.1 Å². The second-order valence-corrected chi connectivity index (χ2v) is 5.05. The van der Waals surface area contributed by atoms with Gasteiger partial charge in [-0.05, 0) is 49.9 Å². The molecular weight excluding hydrogens is 224 g/mol. The maximum Gasteiger partial charge on any atom is 0.121 e. The predicted molar refractivity (Wildman–Crippen MR) is 72.7 cm³/mol. The Morgan fingerprint density at radius 1 is 1.06 bits per heavy atom. The van der Waals surface area contributed by atoms with E-state index in [4.69, 9.17) is 0 Å². The molecule has 0 spiro atoms. The van der Waals surface area contributed by atoms with Gasteiger partial charge in [-0.1, -0.05) is 17.7 Å². The third kappa shape index (κ3) is 2.06. The maximum atomic E-state index is 10.6. The molecule has 3 heteroatoms. The monoisotopic (exact) mass is 244 g/mol. The van der Waals surface area contributed by atoms with Crippen LogP contribution < -0.4 is 0 Å². The first-order chi connectivity index (χ1) is 8.41. The summed E-state index contributed by atoms with van der Waals surface area (Å²) in [6.07, 6.45) is 1.18. The molecular formula is C15H20N2O. The van der Waals surface area contributed by atoms with Gasteiger partial charge in [0.05, 0.1) is 11.9 Å². The van der Waals surface area contributed by atoms with E-state index in [1.54, 1.807) is 10.9 Å². The smallest absolute Gasteiger partial charge is 0.121 e. The third-order valence-electron chi connectivity index (χ3n) is 3.45. The summed E-state index contributed by atoms with van der Waals surface area (Å²) >= 11 is 0. The lowest BCUT2D eigenvalue weighted by molar-refractivity contribution is 0.207. The summed E-state index contributed by atoms with van der Waals surface area (Å²) in [5, 5.41) is 14.8. The zero-order valence-corrected chi connectivity index (χ0v) is 11.7. The summed E-state index contributed by atoms with van der Waals surface area (Å²) in [5.41, 5.74) is 6.35. The fraction of sp³-hybridized carbons (Fsp3) is 0.400. The molecule has 2 rings (SSSR count). The Bertz CT molecular complexity index is 542. The summed E-state index contributed by atoms with van der Waals surface area (Å²) in [6, 6.07) is 4.22. The average molecular weight is 244 g/mol. The lowest BCUT2D eigenvalue weighted by Crippen LogP contribution is -2.11. The lowest BCUT2D eigenvalue weighted by atomic mass is 9.93. The summed E-state index contributed by atoms with van der Waals surface area (Å²) in [4.78, 5) is 0. The van der Waals surface area contributed by atoms with E-state index < -0.39 is 6.10 Å². The molecule has 0 aliphatic rings. The van der Waals surface area contributed by atoms with Gasteiger partial charge >= 0.3 is 0 Å². The number of aliphatic hydroxyl groups excluding tert-OH is 1. The van der Waals surface area contributed by atoms with E-state index in [0.717, 1.165) is 27.9 Å². The summed E-state index contributed by atoms with van der Waals surface area (Å²) in [5.74, 6) is 0. The minimum atomic E-state index is -0.613. The number of benzene rings is 1. The Balaban J connectivity index is 2.56. The molecule has 0 fully saturated rings. The van der Waals surface area contributed by atoms with Gasteiger partial charge in [-0.3, -0.25) is 4.68 Å². The standard InChI is InChI=1S/C15H20N2O/c1-9-6-10(2)13(11(3)7-9)15(18)14-12(4)8-16-17(14)5/h6-8,15,18H,1-5H3. The maximum absolute atomic E-state index is 10.6. The first-order valence-corrected chi connectivity index (χ1v) is 6.16. The number of aliphatic hydroxyl groups is 1. The predicted octanol–water partition coefficient (Wildman–Crippen LogP) is 2.74. The van der Waals surface area contributed by atoms with Crippen LogP contribution in [0.4, 0.5) is 0 Å². The van der Waals surface area contributed by atoms with Crippen LogP contribution in [-0.2, 0) is 7.05 Å². The van der Waals surface area contributed by atoms with E-state index in [1.807, 2.05) is 27.8 Å². The number of hydrogen-bond acceptors (Lipinski definition) is 2. The van der Waals surface area contributed by atoms with Crippen LogP contribution in [-0.4, -0.2) is 14.9 Å². The molecule has 3 nitrogen and oxygen atoms in total. The zero-order chi connectivity index (χ0) is 13.4. The summed E-state index contributed by atoms with van der Waals surface area (Å²) < 4.78 is 1.75. The fourth-order valence-corrected chi connectivity index (χ4v) is 2.71. The van der Waals surface area contributed by atoms with Gasteiger partial charge < -0.3 is 5.11 Å². The van der Waals surface area contributed by atoms with Crippen molar-refractivity contribution in [1.82, 2.24) is 9.78 Å². The lowest BCUT2D eigenvalue weighted by Gasteiger charge is -2.18. The molecule has 1 N–H and O–H groups in total. The Labute approximate surface area is 108 Å². The van der Waals surface area contributed by atoms with E-state index in [2.05, 4.69) is 24.2 Å². The van der Waals surface area contributed by atoms with Gasteiger partial charge in [-0.2, -0.15) is 5.10 Å². The quantitative estimate of drug-likeness (QED) is 0.882. The molecule has 0 radical (unpaired) electrons. The van der Waals surface area contributed by atoms with E-state index >= 15 is 0 Å². The number of aryl methyl sites for hydroxylation is 5. The van der Waals surface area contributed by atoms with Crippen molar-refractivity contribution >= 4 is 0 Å². The zero-order valence-electron chi connectivity index (χ0n) is 11.7. The van der Waals surface area contributed by atoms with E-state index in [-0.39, 0.29) is 0 Å². The molecule has 0 aliphatic carbocycles.